The summed E-state index contributed by atoms with van der Waals surface area (Å²) in [6.07, 6.45) is 4.90. The van der Waals surface area contributed by atoms with Crippen LogP contribution in [0.25, 0.3) is 0 Å². The van der Waals surface area contributed by atoms with Crippen molar-refractivity contribution in [1.82, 2.24) is 4.90 Å². The van der Waals surface area contributed by atoms with E-state index < -0.39 is 6.10 Å². The van der Waals surface area contributed by atoms with E-state index in [1.807, 2.05) is 41.5 Å². The first kappa shape index (κ1) is 20.0. The maximum atomic E-state index is 12.4. The molecule has 4 nitrogen and oxygen atoms in total. The van der Waals surface area contributed by atoms with Crippen LogP contribution in [0.5, 0.6) is 0 Å². The molecule has 0 heterocycles. The number of ether oxygens (including phenoxy) is 1. The molecule has 0 aromatic carbocycles. The Labute approximate surface area is 141 Å². The Morgan fingerprint density at radius 2 is 1.74 bits per heavy atom. The fourth-order valence-corrected chi connectivity index (χ4v) is 3.72. The van der Waals surface area contributed by atoms with Gasteiger partial charge in [-0.3, -0.25) is 0 Å². The summed E-state index contributed by atoms with van der Waals surface area (Å²) in [6.45, 7) is 14.1. The van der Waals surface area contributed by atoms with Crippen LogP contribution >= 0.6 is 0 Å². The Balaban J connectivity index is 2.93. The van der Waals surface area contributed by atoms with Gasteiger partial charge in [-0.25, -0.2) is 4.79 Å². The second-order valence-electron chi connectivity index (χ2n) is 7.94. The van der Waals surface area contributed by atoms with Crippen molar-refractivity contribution in [1.29, 1.82) is 0 Å². The topological polar surface area (TPSA) is 49.8 Å². The number of aliphatic hydroxyl groups excluding tert-OH is 1. The lowest BCUT2D eigenvalue weighted by atomic mass is 9.66. The van der Waals surface area contributed by atoms with Crippen LogP contribution in [0.3, 0.4) is 0 Å². The molecule has 2 atom stereocenters. The number of hydrogen-bond donors (Lipinski definition) is 1. The largest absolute Gasteiger partial charge is 0.418 e. The zero-order chi connectivity index (χ0) is 17.8. The first-order valence-corrected chi connectivity index (χ1v) is 8.97. The van der Waals surface area contributed by atoms with E-state index in [0.717, 1.165) is 31.3 Å². The zero-order valence-corrected chi connectivity index (χ0v) is 15.9. The van der Waals surface area contributed by atoms with Crippen LogP contribution in [-0.2, 0) is 4.74 Å². The van der Waals surface area contributed by atoms with Gasteiger partial charge in [0.25, 0.3) is 0 Å². The van der Waals surface area contributed by atoms with Crippen molar-refractivity contribution in [2.45, 2.75) is 92.3 Å². The van der Waals surface area contributed by atoms with Crippen LogP contribution in [-0.4, -0.2) is 34.3 Å². The van der Waals surface area contributed by atoms with Crippen LogP contribution in [0.1, 0.15) is 74.1 Å². The molecule has 1 aliphatic rings. The van der Waals surface area contributed by atoms with Crippen molar-refractivity contribution in [2.75, 3.05) is 0 Å². The standard InChI is InChI=1S/C19H35NO3/c1-13(2)17(21)19(7)11-9-8-10-16(19)12-23-18(22)20(14(3)4)15(5)6/h12-15,17,21H,8-11H2,1-7H3/b16-12+/t17-,19+/m1/s1. The van der Waals surface area contributed by atoms with Gasteiger partial charge in [0.05, 0.1) is 12.4 Å². The van der Waals surface area contributed by atoms with E-state index in [0.29, 0.717) is 0 Å². The molecule has 134 valence electrons. The average molecular weight is 325 g/mol. The molecule has 23 heavy (non-hydrogen) atoms. The number of aliphatic hydroxyl groups is 1. The van der Waals surface area contributed by atoms with Gasteiger partial charge in [0.2, 0.25) is 0 Å². The Kier molecular flexibility index (Phi) is 7.12. The summed E-state index contributed by atoms with van der Waals surface area (Å²) in [5.74, 6) is 0.181. The van der Waals surface area contributed by atoms with E-state index in [9.17, 15) is 9.90 Å². The lowest BCUT2D eigenvalue weighted by Gasteiger charge is -2.42. The van der Waals surface area contributed by atoms with Crippen molar-refractivity contribution in [3.63, 3.8) is 0 Å². The first-order valence-electron chi connectivity index (χ1n) is 8.97. The van der Waals surface area contributed by atoms with Gasteiger partial charge in [-0.1, -0.05) is 27.2 Å². The minimum atomic E-state index is -0.418. The van der Waals surface area contributed by atoms with Gasteiger partial charge in [0.1, 0.15) is 0 Å². The number of carbonyl (C=O) groups excluding carboxylic acids is 1. The summed E-state index contributed by atoms with van der Waals surface area (Å²) in [6, 6.07) is 0.194. The highest BCUT2D eigenvalue weighted by Gasteiger charge is 2.40. The van der Waals surface area contributed by atoms with Gasteiger partial charge in [-0.15, -0.1) is 0 Å². The van der Waals surface area contributed by atoms with Crippen molar-refractivity contribution in [3.8, 4) is 0 Å². The van der Waals surface area contributed by atoms with Gasteiger partial charge in [-0.05, 0) is 58.4 Å². The van der Waals surface area contributed by atoms with Crippen LogP contribution in [0, 0.1) is 11.3 Å². The molecule has 1 fully saturated rings. The number of hydrogen-bond acceptors (Lipinski definition) is 3. The second-order valence-corrected chi connectivity index (χ2v) is 7.94. The van der Waals surface area contributed by atoms with E-state index in [1.54, 1.807) is 11.2 Å². The average Bonchev–Trinajstić information content (AvgIpc) is 2.44. The normalized spacial score (nSPS) is 25.3. The minimum Gasteiger partial charge on any atom is -0.418 e. The summed E-state index contributed by atoms with van der Waals surface area (Å²) in [7, 11) is 0. The van der Waals surface area contributed by atoms with E-state index in [4.69, 9.17) is 4.74 Å². The SMILES string of the molecule is CC(C)[C@@H](O)[C@@]1(C)CCCC/C1=C\OC(=O)N(C(C)C)C(C)C. The third-order valence-corrected chi connectivity index (χ3v) is 5.04. The Morgan fingerprint density at radius 3 is 2.22 bits per heavy atom. The van der Waals surface area contributed by atoms with E-state index in [-0.39, 0.29) is 29.5 Å². The molecule has 1 saturated carbocycles. The summed E-state index contributed by atoms with van der Waals surface area (Å²) in [4.78, 5) is 14.1. The Morgan fingerprint density at radius 1 is 1.17 bits per heavy atom. The summed E-state index contributed by atoms with van der Waals surface area (Å²) >= 11 is 0. The first-order chi connectivity index (χ1) is 10.6. The molecule has 0 aromatic heterocycles. The molecule has 1 rings (SSSR count). The van der Waals surface area contributed by atoms with Crippen LogP contribution in [0.4, 0.5) is 4.79 Å². The van der Waals surface area contributed by atoms with Crippen molar-refractivity contribution < 1.29 is 14.6 Å². The molecule has 0 bridgehead atoms. The van der Waals surface area contributed by atoms with E-state index in [2.05, 4.69) is 6.92 Å². The third-order valence-electron chi connectivity index (χ3n) is 5.04. The quantitative estimate of drug-likeness (QED) is 0.744. The van der Waals surface area contributed by atoms with Gasteiger partial charge < -0.3 is 14.7 Å². The fraction of sp³-hybridized carbons (Fsp3) is 0.842. The van der Waals surface area contributed by atoms with E-state index >= 15 is 0 Å². The lowest BCUT2D eigenvalue weighted by molar-refractivity contribution is 0.00741. The number of amides is 1. The molecular formula is C19H35NO3. The lowest BCUT2D eigenvalue weighted by Crippen LogP contribution is -2.42. The van der Waals surface area contributed by atoms with Gasteiger partial charge in [0, 0.05) is 17.5 Å². The molecule has 0 saturated heterocycles. The fourth-order valence-electron chi connectivity index (χ4n) is 3.72. The molecule has 0 radical (unpaired) electrons. The van der Waals surface area contributed by atoms with Gasteiger partial charge in [0.15, 0.2) is 0 Å². The monoisotopic (exact) mass is 325 g/mol. The van der Waals surface area contributed by atoms with Gasteiger partial charge in [-0.2, -0.15) is 0 Å². The van der Waals surface area contributed by atoms with Crippen LogP contribution in [0.2, 0.25) is 0 Å². The Hall–Kier alpha value is -1.03. The molecule has 0 aliphatic heterocycles. The highest BCUT2D eigenvalue weighted by molar-refractivity contribution is 5.69. The number of rotatable bonds is 5. The van der Waals surface area contributed by atoms with Crippen molar-refractivity contribution in [2.24, 2.45) is 11.3 Å². The summed E-state index contributed by atoms with van der Waals surface area (Å²) in [5, 5.41) is 10.6. The highest BCUT2D eigenvalue weighted by atomic mass is 16.5. The number of carbonyl (C=O) groups is 1. The predicted molar refractivity (Wildman–Crippen MR) is 94.1 cm³/mol. The second kappa shape index (κ2) is 8.18. The predicted octanol–water partition coefficient (Wildman–Crippen LogP) is 4.72. The minimum absolute atomic E-state index is 0.0971. The van der Waals surface area contributed by atoms with E-state index in [1.165, 1.54) is 0 Å². The Bertz CT molecular complexity index is 420. The van der Waals surface area contributed by atoms with Crippen molar-refractivity contribution in [3.05, 3.63) is 11.8 Å². The third kappa shape index (κ3) is 4.72. The van der Waals surface area contributed by atoms with Crippen LogP contribution < -0.4 is 0 Å². The van der Waals surface area contributed by atoms with Crippen LogP contribution in [0.15, 0.2) is 11.8 Å². The molecule has 1 N–H and O–H groups in total. The number of nitrogens with zero attached hydrogens (tertiary/aromatic N) is 1. The maximum absolute atomic E-state index is 12.4. The molecular weight excluding hydrogens is 290 g/mol. The highest BCUT2D eigenvalue weighted by Crippen LogP contribution is 2.45. The van der Waals surface area contributed by atoms with Gasteiger partial charge >= 0.3 is 6.09 Å². The molecule has 1 amide bonds. The molecule has 0 unspecified atom stereocenters. The zero-order valence-electron chi connectivity index (χ0n) is 15.9. The molecule has 0 aromatic rings. The smallest absolute Gasteiger partial charge is 0.415 e. The molecule has 4 heteroatoms. The molecule has 1 aliphatic carbocycles. The molecule has 0 spiro atoms. The summed E-state index contributed by atoms with van der Waals surface area (Å²) < 4.78 is 5.51. The van der Waals surface area contributed by atoms with Crippen molar-refractivity contribution >= 4 is 6.09 Å². The maximum Gasteiger partial charge on any atom is 0.415 e. The summed E-state index contributed by atoms with van der Waals surface area (Å²) in [5.41, 5.74) is 0.762.